The van der Waals surface area contributed by atoms with Crippen molar-refractivity contribution >= 4 is 5.82 Å². The Bertz CT molecular complexity index is 492. The predicted octanol–water partition coefficient (Wildman–Crippen LogP) is 1.07. The third-order valence-electron chi connectivity index (χ3n) is 2.69. The number of aryl methyl sites for hydroxylation is 1. The molecular weight excluding hydrogens is 190 g/mol. The summed E-state index contributed by atoms with van der Waals surface area (Å²) < 4.78 is 3.49. The van der Waals surface area contributed by atoms with Crippen LogP contribution in [-0.2, 0) is 7.05 Å². The van der Waals surface area contributed by atoms with Gasteiger partial charge in [-0.3, -0.25) is 4.68 Å². The van der Waals surface area contributed by atoms with Gasteiger partial charge in [0.25, 0.3) is 0 Å². The molecule has 1 fully saturated rings. The molecule has 78 valence electrons. The highest BCUT2D eigenvalue weighted by molar-refractivity contribution is 5.42. The number of nitrogens with two attached hydrogens (primary N) is 1. The van der Waals surface area contributed by atoms with E-state index in [1.165, 1.54) is 12.8 Å². The highest BCUT2D eigenvalue weighted by Gasteiger charge is 2.27. The monoisotopic (exact) mass is 203 g/mol. The molecule has 0 aromatic carbocycles. The second-order valence-electron chi connectivity index (χ2n) is 4.05. The molecule has 0 saturated heterocycles. The first-order chi connectivity index (χ1) is 7.24. The first-order valence-corrected chi connectivity index (χ1v) is 5.08. The molecule has 0 amide bonds. The minimum Gasteiger partial charge on any atom is -0.384 e. The lowest BCUT2D eigenvalue weighted by Gasteiger charge is -1.97. The number of nitrogen functional groups attached to an aromatic ring is 1. The van der Waals surface area contributed by atoms with Crippen LogP contribution in [0.4, 0.5) is 5.82 Å². The van der Waals surface area contributed by atoms with Crippen LogP contribution in [0.15, 0.2) is 18.5 Å². The lowest BCUT2D eigenvalue weighted by atomic mass is 10.3. The minimum atomic E-state index is 0.630. The Morgan fingerprint density at radius 1 is 1.47 bits per heavy atom. The first kappa shape index (κ1) is 8.52. The first-order valence-electron chi connectivity index (χ1n) is 5.08. The lowest BCUT2D eigenvalue weighted by Crippen LogP contribution is -2.00. The van der Waals surface area contributed by atoms with E-state index in [9.17, 15) is 0 Å². The average Bonchev–Trinajstić information content (AvgIpc) is 2.86. The van der Waals surface area contributed by atoms with Gasteiger partial charge in [0, 0.05) is 19.0 Å². The van der Waals surface area contributed by atoms with Crippen LogP contribution in [0.1, 0.15) is 24.5 Å². The molecule has 1 aliphatic rings. The Labute approximate surface area is 87.5 Å². The SMILES string of the molecule is Cn1cc(-n2nc(C3CC3)cc2N)cn1. The Morgan fingerprint density at radius 2 is 2.27 bits per heavy atom. The Hall–Kier alpha value is -1.78. The Balaban J connectivity index is 2.03. The number of hydrogen-bond donors (Lipinski definition) is 1. The van der Waals surface area contributed by atoms with Crippen LogP contribution in [0.25, 0.3) is 5.69 Å². The maximum atomic E-state index is 5.91. The third kappa shape index (κ3) is 1.40. The molecule has 0 bridgehead atoms. The summed E-state index contributed by atoms with van der Waals surface area (Å²) in [5.74, 6) is 1.31. The van der Waals surface area contributed by atoms with Gasteiger partial charge in [-0.1, -0.05) is 0 Å². The summed E-state index contributed by atoms with van der Waals surface area (Å²) in [4.78, 5) is 0. The fourth-order valence-electron chi connectivity index (χ4n) is 1.72. The van der Waals surface area contributed by atoms with Crippen molar-refractivity contribution in [1.29, 1.82) is 0 Å². The van der Waals surface area contributed by atoms with Crippen molar-refractivity contribution in [1.82, 2.24) is 19.6 Å². The second-order valence-corrected chi connectivity index (χ2v) is 4.05. The van der Waals surface area contributed by atoms with Crippen LogP contribution >= 0.6 is 0 Å². The van der Waals surface area contributed by atoms with E-state index >= 15 is 0 Å². The molecule has 15 heavy (non-hydrogen) atoms. The maximum Gasteiger partial charge on any atom is 0.127 e. The largest absolute Gasteiger partial charge is 0.384 e. The van der Waals surface area contributed by atoms with Crippen LogP contribution in [0.2, 0.25) is 0 Å². The molecule has 0 spiro atoms. The van der Waals surface area contributed by atoms with E-state index in [-0.39, 0.29) is 0 Å². The third-order valence-corrected chi connectivity index (χ3v) is 2.69. The smallest absolute Gasteiger partial charge is 0.127 e. The van der Waals surface area contributed by atoms with Gasteiger partial charge in [-0.05, 0) is 12.8 Å². The molecule has 3 rings (SSSR count). The summed E-state index contributed by atoms with van der Waals surface area (Å²) in [6, 6.07) is 1.96. The summed E-state index contributed by atoms with van der Waals surface area (Å²) in [5, 5.41) is 8.60. The molecular formula is C10H13N5. The van der Waals surface area contributed by atoms with E-state index in [1.54, 1.807) is 15.6 Å². The van der Waals surface area contributed by atoms with E-state index in [2.05, 4.69) is 10.2 Å². The summed E-state index contributed by atoms with van der Waals surface area (Å²) in [5.41, 5.74) is 7.94. The number of nitrogens with zero attached hydrogens (tertiary/aromatic N) is 4. The second kappa shape index (κ2) is 2.85. The van der Waals surface area contributed by atoms with E-state index in [0.717, 1.165) is 11.4 Å². The standard InChI is InChI=1S/C10H13N5/c1-14-6-8(5-12-14)15-10(11)4-9(13-15)7-2-3-7/h4-7H,2-3,11H2,1H3. The van der Waals surface area contributed by atoms with Gasteiger partial charge in [0.2, 0.25) is 0 Å². The van der Waals surface area contributed by atoms with Crippen molar-refractivity contribution in [3.63, 3.8) is 0 Å². The van der Waals surface area contributed by atoms with Crippen molar-refractivity contribution in [2.45, 2.75) is 18.8 Å². The lowest BCUT2D eigenvalue weighted by molar-refractivity contribution is 0.765. The van der Waals surface area contributed by atoms with Crippen LogP contribution in [-0.4, -0.2) is 19.6 Å². The number of hydrogen-bond acceptors (Lipinski definition) is 3. The van der Waals surface area contributed by atoms with Gasteiger partial charge < -0.3 is 5.73 Å². The zero-order valence-corrected chi connectivity index (χ0v) is 8.59. The van der Waals surface area contributed by atoms with Gasteiger partial charge in [0.15, 0.2) is 0 Å². The summed E-state index contributed by atoms with van der Waals surface area (Å²) in [6.07, 6.45) is 6.15. The summed E-state index contributed by atoms with van der Waals surface area (Å²) >= 11 is 0. The molecule has 2 aromatic heterocycles. The highest BCUT2D eigenvalue weighted by atomic mass is 15.3. The molecule has 2 aromatic rings. The molecule has 0 aliphatic heterocycles. The van der Waals surface area contributed by atoms with E-state index in [0.29, 0.717) is 11.7 Å². The van der Waals surface area contributed by atoms with E-state index in [1.807, 2.05) is 19.3 Å². The fraction of sp³-hybridized carbons (Fsp3) is 0.400. The minimum absolute atomic E-state index is 0.630. The number of aromatic nitrogens is 4. The van der Waals surface area contributed by atoms with Gasteiger partial charge in [0.05, 0.1) is 18.1 Å². The van der Waals surface area contributed by atoms with Crippen LogP contribution in [0.5, 0.6) is 0 Å². The van der Waals surface area contributed by atoms with Crippen LogP contribution in [0, 0.1) is 0 Å². The number of anilines is 1. The van der Waals surface area contributed by atoms with Crippen LogP contribution < -0.4 is 5.73 Å². The van der Waals surface area contributed by atoms with Gasteiger partial charge >= 0.3 is 0 Å². The van der Waals surface area contributed by atoms with Crippen molar-refractivity contribution in [3.05, 3.63) is 24.2 Å². The van der Waals surface area contributed by atoms with Crippen LogP contribution in [0.3, 0.4) is 0 Å². The zero-order chi connectivity index (χ0) is 10.4. The number of rotatable bonds is 2. The average molecular weight is 203 g/mol. The molecule has 2 N–H and O–H groups in total. The molecule has 5 nitrogen and oxygen atoms in total. The van der Waals surface area contributed by atoms with Gasteiger partial charge in [-0.2, -0.15) is 10.2 Å². The quantitative estimate of drug-likeness (QED) is 0.794. The Morgan fingerprint density at radius 3 is 2.87 bits per heavy atom. The Kier molecular flexibility index (Phi) is 1.62. The maximum absolute atomic E-state index is 5.91. The molecule has 0 atom stereocenters. The summed E-state index contributed by atoms with van der Waals surface area (Å²) in [6.45, 7) is 0. The highest BCUT2D eigenvalue weighted by Crippen LogP contribution is 2.40. The van der Waals surface area contributed by atoms with Crippen molar-refractivity contribution < 1.29 is 0 Å². The molecule has 0 unspecified atom stereocenters. The van der Waals surface area contributed by atoms with Gasteiger partial charge in [0.1, 0.15) is 11.5 Å². The molecule has 0 radical (unpaired) electrons. The van der Waals surface area contributed by atoms with Gasteiger partial charge in [-0.25, -0.2) is 4.68 Å². The molecule has 5 heteroatoms. The van der Waals surface area contributed by atoms with E-state index < -0.39 is 0 Å². The van der Waals surface area contributed by atoms with Gasteiger partial charge in [-0.15, -0.1) is 0 Å². The fourth-order valence-corrected chi connectivity index (χ4v) is 1.72. The molecule has 1 aliphatic carbocycles. The van der Waals surface area contributed by atoms with E-state index in [4.69, 9.17) is 5.73 Å². The van der Waals surface area contributed by atoms with Crippen molar-refractivity contribution in [2.75, 3.05) is 5.73 Å². The topological polar surface area (TPSA) is 61.7 Å². The zero-order valence-electron chi connectivity index (χ0n) is 8.59. The van der Waals surface area contributed by atoms with Crippen molar-refractivity contribution in [2.24, 2.45) is 7.05 Å². The molecule has 2 heterocycles. The normalized spacial score (nSPS) is 15.8. The molecule has 1 saturated carbocycles. The summed E-state index contributed by atoms with van der Waals surface area (Å²) in [7, 11) is 1.88. The van der Waals surface area contributed by atoms with Crippen molar-refractivity contribution in [3.8, 4) is 5.69 Å². The predicted molar refractivity (Wildman–Crippen MR) is 56.7 cm³/mol.